The fourth-order valence-electron chi connectivity index (χ4n) is 2.31. The van der Waals surface area contributed by atoms with Gasteiger partial charge < -0.3 is 0 Å². The maximum atomic E-state index is 14.6. The van der Waals surface area contributed by atoms with Crippen molar-refractivity contribution < 1.29 is 4.39 Å². The molecule has 0 bridgehead atoms. The van der Waals surface area contributed by atoms with E-state index in [-0.39, 0.29) is 11.7 Å². The lowest BCUT2D eigenvalue weighted by Crippen LogP contribution is -2.03. The standard InChI is InChI=1S/C17H20BrCl2F/c1-6-7-12-13(8-10(4)15(18)17(12)21)16(20)14(9(2)3)11(5)19/h8-9H,5-7H2,1-4H3/b16-14+. The van der Waals surface area contributed by atoms with Crippen LogP contribution in [0.4, 0.5) is 4.39 Å². The van der Waals surface area contributed by atoms with Crippen LogP contribution in [0.2, 0.25) is 0 Å². The monoisotopic (exact) mass is 392 g/mol. The molecule has 0 aliphatic carbocycles. The van der Waals surface area contributed by atoms with Crippen LogP contribution in [-0.4, -0.2) is 0 Å². The summed E-state index contributed by atoms with van der Waals surface area (Å²) in [5, 5.41) is 0.890. The van der Waals surface area contributed by atoms with Crippen LogP contribution >= 0.6 is 39.1 Å². The van der Waals surface area contributed by atoms with Gasteiger partial charge in [0, 0.05) is 5.03 Å². The zero-order valence-corrected chi connectivity index (χ0v) is 15.9. The van der Waals surface area contributed by atoms with Crippen molar-refractivity contribution in [3.63, 3.8) is 0 Å². The zero-order chi connectivity index (χ0) is 16.3. The predicted octanol–water partition coefficient (Wildman–Crippen LogP) is 7.21. The van der Waals surface area contributed by atoms with Crippen LogP contribution in [0.5, 0.6) is 0 Å². The van der Waals surface area contributed by atoms with Gasteiger partial charge >= 0.3 is 0 Å². The summed E-state index contributed by atoms with van der Waals surface area (Å²) in [6.45, 7) is 11.6. The van der Waals surface area contributed by atoms with Crippen molar-refractivity contribution in [2.75, 3.05) is 0 Å². The molecule has 0 fully saturated rings. The van der Waals surface area contributed by atoms with E-state index in [0.29, 0.717) is 32.1 Å². The highest BCUT2D eigenvalue weighted by Gasteiger charge is 2.20. The van der Waals surface area contributed by atoms with Crippen molar-refractivity contribution in [2.24, 2.45) is 5.92 Å². The van der Waals surface area contributed by atoms with E-state index in [1.165, 1.54) is 0 Å². The molecule has 116 valence electrons. The first kappa shape index (κ1) is 18.7. The van der Waals surface area contributed by atoms with Crippen molar-refractivity contribution in [2.45, 2.75) is 40.5 Å². The minimum Gasteiger partial charge on any atom is -0.205 e. The molecule has 1 aromatic rings. The third kappa shape index (κ3) is 4.12. The van der Waals surface area contributed by atoms with Gasteiger partial charge in [0.2, 0.25) is 0 Å². The smallest absolute Gasteiger partial charge is 0.141 e. The predicted molar refractivity (Wildman–Crippen MR) is 95.4 cm³/mol. The van der Waals surface area contributed by atoms with E-state index < -0.39 is 0 Å². The van der Waals surface area contributed by atoms with Crippen molar-refractivity contribution in [1.29, 1.82) is 0 Å². The van der Waals surface area contributed by atoms with Crippen LogP contribution in [0.15, 0.2) is 27.7 Å². The largest absolute Gasteiger partial charge is 0.205 e. The molecule has 0 spiro atoms. The Kier molecular flexibility index (Phi) is 6.96. The number of benzene rings is 1. The Bertz CT molecular complexity index is 589. The van der Waals surface area contributed by atoms with E-state index in [4.69, 9.17) is 23.2 Å². The molecule has 0 heterocycles. The van der Waals surface area contributed by atoms with E-state index in [1.54, 1.807) is 0 Å². The summed E-state index contributed by atoms with van der Waals surface area (Å²) in [5.41, 5.74) is 2.90. The van der Waals surface area contributed by atoms with Crippen LogP contribution in [0, 0.1) is 18.7 Å². The number of rotatable bonds is 5. The molecule has 0 aliphatic heterocycles. The van der Waals surface area contributed by atoms with E-state index >= 15 is 0 Å². The second kappa shape index (κ2) is 7.80. The van der Waals surface area contributed by atoms with E-state index in [1.807, 2.05) is 33.8 Å². The van der Waals surface area contributed by atoms with E-state index in [2.05, 4.69) is 22.5 Å². The van der Waals surface area contributed by atoms with Gasteiger partial charge in [-0.25, -0.2) is 4.39 Å². The van der Waals surface area contributed by atoms with Gasteiger partial charge in [0.1, 0.15) is 5.82 Å². The Morgan fingerprint density at radius 1 is 1.38 bits per heavy atom. The van der Waals surface area contributed by atoms with Crippen LogP contribution in [0.3, 0.4) is 0 Å². The Morgan fingerprint density at radius 2 is 1.95 bits per heavy atom. The molecular formula is C17H20BrCl2F. The second-order valence-electron chi connectivity index (χ2n) is 5.38. The minimum atomic E-state index is -0.242. The first-order valence-electron chi connectivity index (χ1n) is 6.94. The maximum Gasteiger partial charge on any atom is 0.141 e. The zero-order valence-electron chi connectivity index (χ0n) is 12.8. The molecular weight excluding hydrogens is 374 g/mol. The first-order valence-corrected chi connectivity index (χ1v) is 8.49. The van der Waals surface area contributed by atoms with Crippen LogP contribution in [0.1, 0.15) is 43.9 Å². The molecule has 0 saturated heterocycles. The Labute approximate surface area is 145 Å². The summed E-state index contributed by atoms with van der Waals surface area (Å²) >= 11 is 15.9. The van der Waals surface area contributed by atoms with Gasteiger partial charge in [-0.05, 0) is 63.5 Å². The molecule has 0 nitrogen and oxygen atoms in total. The first-order chi connectivity index (χ1) is 9.72. The van der Waals surface area contributed by atoms with Crippen molar-refractivity contribution in [1.82, 2.24) is 0 Å². The highest BCUT2D eigenvalue weighted by Crippen LogP contribution is 2.38. The molecule has 0 aliphatic rings. The number of hydrogen-bond donors (Lipinski definition) is 0. The quantitative estimate of drug-likeness (QED) is 0.463. The molecule has 0 atom stereocenters. The van der Waals surface area contributed by atoms with Crippen molar-refractivity contribution in [3.8, 4) is 0 Å². The SMILES string of the molecule is C=C(Cl)/C(=C(/Cl)c1cc(C)c(Br)c(F)c1CCC)C(C)C. The highest BCUT2D eigenvalue weighted by atomic mass is 79.9. The van der Waals surface area contributed by atoms with Gasteiger partial charge in [-0.1, -0.05) is 57.0 Å². The summed E-state index contributed by atoms with van der Waals surface area (Å²) in [6, 6.07) is 1.91. The summed E-state index contributed by atoms with van der Waals surface area (Å²) in [5.74, 6) is -0.128. The molecule has 1 aromatic carbocycles. The molecule has 21 heavy (non-hydrogen) atoms. The normalized spacial score (nSPS) is 12.6. The highest BCUT2D eigenvalue weighted by molar-refractivity contribution is 9.10. The molecule has 0 N–H and O–H groups in total. The van der Waals surface area contributed by atoms with Crippen molar-refractivity contribution in [3.05, 3.63) is 50.2 Å². The summed E-state index contributed by atoms with van der Waals surface area (Å²) in [7, 11) is 0. The second-order valence-corrected chi connectivity index (χ2v) is 7.01. The number of hydrogen-bond acceptors (Lipinski definition) is 0. The van der Waals surface area contributed by atoms with E-state index in [0.717, 1.165) is 17.6 Å². The Balaban J connectivity index is 3.69. The van der Waals surface area contributed by atoms with Crippen LogP contribution < -0.4 is 0 Å². The van der Waals surface area contributed by atoms with Gasteiger partial charge in [-0.2, -0.15) is 0 Å². The summed E-state index contributed by atoms with van der Waals surface area (Å²) < 4.78 is 15.0. The third-order valence-corrected chi connectivity index (χ3v) is 4.92. The fraction of sp³-hybridized carbons (Fsp3) is 0.412. The lowest BCUT2D eigenvalue weighted by atomic mass is 9.94. The molecule has 0 aromatic heterocycles. The maximum absolute atomic E-state index is 14.6. The number of aryl methyl sites for hydroxylation is 1. The average molecular weight is 394 g/mol. The molecule has 0 radical (unpaired) electrons. The Hall–Kier alpha value is -0.310. The topological polar surface area (TPSA) is 0 Å². The Morgan fingerprint density at radius 3 is 2.38 bits per heavy atom. The third-order valence-electron chi connectivity index (χ3n) is 3.33. The molecule has 0 unspecified atom stereocenters. The lowest BCUT2D eigenvalue weighted by molar-refractivity contribution is 0.598. The van der Waals surface area contributed by atoms with Gasteiger partial charge in [-0.3, -0.25) is 0 Å². The molecule has 4 heteroatoms. The average Bonchev–Trinajstić information content (AvgIpc) is 2.38. The summed E-state index contributed by atoms with van der Waals surface area (Å²) in [4.78, 5) is 0. The van der Waals surface area contributed by atoms with Crippen molar-refractivity contribution >= 4 is 44.2 Å². The van der Waals surface area contributed by atoms with Crippen LogP contribution in [-0.2, 0) is 6.42 Å². The lowest BCUT2D eigenvalue weighted by Gasteiger charge is -2.18. The fourth-order valence-corrected chi connectivity index (χ4v) is 3.53. The number of allylic oxidation sites excluding steroid dienone is 2. The van der Waals surface area contributed by atoms with Gasteiger partial charge in [0.25, 0.3) is 0 Å². The minimum absolute atomic E-state index is 0.115. The molecule has 0 saturated carbocycles. The summed E-state index contributed by atoms with van der Waals surface area (Å²) in [6.07, 6.45) is 1.46. The van der Waals surface area contributed by atoms with Gasteiger partial charge in [-0.15, -0.1) is 0 Å². The molecule has 0 amide bonds. The molecule has 1 rings (SSSR count). The van der Waals surface area contributed by atoms with Gasteiger partial charge in [0.05, 0.1) is 9.51 Å². The van der Waals surface area contributed by atoms with E-state index in [9.17, 15) is 4.39 Å². The number of halogens is 4. The van der Waals surface area contributed by atoms with Gasteiger partial charge in [0.15, 0.2) is 0 Å². The van der Waals surface area contributed by atoms with Crippen LogP contribution in [0.25, 0.3) is 5.03 Å².